The second-order valence-electron chi connectivity index (χ2n) is 2.12. The molecule has 48 valence electrons. The first-order chi connectivity index (χ1) is 4.20. The van der Waals surface area contributed by atoms with E-state index in [1.165, 1.54) is 10.9 Å². The Bertz CT molecular complexity index is 220. The van der Waals surface area contributed by atoms with E-state index < -0.39 is 0 Å². The van der Waals surface area contributed by atoms with Crippen molar-refractivity contribution < 1.29 is 0 Å². The van der Waals surface area contributed by atoms with Crippen LogP contribution in [0.5, 0.6) is 0 Å². The standard InChI is InChI=1S/C7H10NP/c1-5-4-6(8)2-3-7(5)9/h2-4H,8-9H2,1H3. The SMILES string of the molecule is Cc1cc(N)ccc1P. The average molecular weight is 139 g/mol. The Morgan fingerprint density at radius 1 is 1.44 bits per heavy atom. The van der Waals surface area contributed by atoms with Crippen molar-refractivity contribution in [2.24, 2.45) is 0 Å². The first kappa shape index (κ1) is 6.57. The molecule has 0 heterocycles. The van der Waals surface area contributed by atoms with Crippen LogP contribution in [0.4, 0.5) is 5.69 Å². The highest BCUT2D eigenvalue weighted by atomic mass is 31.0. The highest BCUT2D eigenvalue weighted by Gasteiger charge is 1.89. The number of aryl methyl sites for hydroxylation is 1. The Morgan fingerprint density at radius 3 is 2.56 bits per heavy atom. The summed E-state index contributed by atoms with van der Waals surface area (Å²) in [4.78, 5) is 0. The quantitative estimate of drug-likeness (QED) is 0.422. The van der Waals surface area contributed by atoms with E-state index in [2.05, 4.69) is 9.24 Å². The summed E-state index contributed by atoms with van der Waals surface area (Å²) in [5.74, 6) is 0. The Kier molecular flexibility index (Phi) is 1.73. The Morgan fingerprint density at radius 2 is 2.11 bits per heavy atom. The summed E-state index contributed by atoms with van der Waals surface area (Å²) in [7, 11) is 2.65. The van der Waals surface area contributed by atoms with Gasteiger partial charge in [0.25, 0.3) is 0 Å². The van der Waals surface area contributed by atoms with Gasteiger partial charge in [-0.3, -0.25) is 0 Å². The molecule has 0 aliphatic rings. The summed E-state index contributed by atoms with van der Waals surface area (Å²) in [6, 6.07) is 5.85. The summed E-state index contributed by atoms with van der Waals surface area (Å²) < 4.78 is 0. The molecule has 0 aliphatic heterocycles. The number of hydrogen-bond acceptors (Lipinski definition) is 1. The molecule has 1 atom stereocenters. The molecule has 2 N–H and O–H groups in total. The van der Waals surface area contributed by atoms with Crippen LogP contribution in [0.2, 0.25) is 0 Å². The minimum absolute atomic E-state index is 0.832. The summed E-state index contributed by atoms with van der Waals surface area (Å²) in [6.45, 7) is 2.04. The average Bonchev–Trinajstić information content (AvgIpc) is 1.80. The van der Waals surface area contributed by atoms with Crippen molar-refractivity contribution in [3.8, 4) is 0 Å². The van der Waals surface area contributed by atoms with Crippen LogP contribution in [0.25, 0.3) is 0 Å². The minimum atomic E-state index is 0.832. The van der Waals surface area contributed by atoms with E-state index in [4.69, 9.17) is 5.73 Å². The molecule has 1 nitrogen and oxygen atoms in total. The van der Waals surface area contributed by atoms with Crippen LogP contribution in [-0.2, 0) is 0 Å². The van der Waals surface area contributed by atoms with Gasteiger partial charge in [-0.2, -0.15) is 0 Å². The van der Waals surface area contributed by atoms with E-state index in [0.29, 0.717) is 0 Å². The highest BCUT2D eigenvalue weighted by molar-refractivity contribution is 7.27. The maximum absolute atomic E-state index is 5.52. The lowest BCUT2D eigenvalue weighted by atomic mass is 10.2. The summed E-state index contributed by atoms with van der Waals surface area (Å²) in [5, 5.41) is 1.21. The molecule has 0 aromatic heterocycles. The molecule has 0 saturated heterocycles. The van der Waals surface area contributed by atoms with Gasteiger partial charge in [0, 0.05) is 5.69 Å². The van der Waals surface area contributed by atoms with Crippen LogP contribution in [0.3, 0.4) is 0 Å². The lowest BCUT2D eigenvalue weighted by molar-refractivity contribution is 1.52. The molecule has 1 aromatic carbocycles. The molecular formula is C7H10NP. The van der Waals surface area contributed by atoms with E-state index >= 15 is 0 Å². The molecular weight excluding hydrogens is 129 g/mol. The van der Waals surface area contributed by atoms with Crippen LogP contribution in [-0.4, -0.2) is 0 Å². The number of nitrogen functional groups attached to an aromatic ring is 1. The van der Waals surface area contributed by atoms with Gasteiger partial charge in [-0.1, -0.05) is 6.07 Å². The van der Waals surface area contributed by atoms with Crippen molar-refractivity contribution in [3.05, 3.63) is 23.8 Å². The maximum atomic E-state index is 5.52. The van der Waals surface area contributed by atoms with Crippen molar-refractivity contribution in [3.63, 3.8) is 0 Å². The lowest BCUT2D eigenvalue weighted by Crippen LogP contribution is -1.97. The molecule has 0 fully saturated rings. The van der Waals surface area contributed by atoms with Gasteiger partial charge >= 0.3 is 0 Å². The van der Waals surface area contributed by atoms with Crippen LogP contribution in [0.15, 0.2) is 18.2 Å². The van der Waals surface area contributed by atoms with E-state index in [1.807, 2.05) is 25.1 Å². The van der Waals surface area contributed by atoms with Gasteiger partial charge in [0.05, 0.1) is 0 Å². The van der Waals surface area contributed by atoms with Crippen LogP contribution >= 0.6 is 9.24 Å². The fraction of sp³-hybridized carbons (Fsp3) is 0.143. The minimum Gasteiger partial charge on any atom is -0.399 e. The fourth-order valence-electron chi connectivity index (χ4n) is 0.699. The maximum Gasteiger partial charge on any atom is 0.0317 e. The third-order valence-electron chi connectivity index (χ3n) is 1.29. The second-order valence-corrected chi connectivity index (χ2v) is 2.74. The van der Waals surface area contributed by atoms with Crippen molar-refractivity contribution in [2.45, 2.75) is 6.92 Å². The molecule has 0 radical (unpaired) electrons. The number of rotatable bonds is 0. The third kappa shape index (κ3) is 1.43. The van der Waals surface area contributed by atoms with Gasteiger partial charge in [-0.15, -0.1) is 9.24 Å². The molecule has 0 saturated carbocycles. The molecule has 1 aromatic rings. The summed E-state index contributed by atoms with van der Waals surface area (Å²) in [5.41, 5.74) is 7.57. The van der Waals surface area contributed by atoms with Gasteiger partial charge in [0.2, 0.25) is 0 Å². The van der Waals surface area contributed by atoms with Crippen molar-refractivity contribution in [1.82, 2.24) is 0 Å². The Labute approximate surface area is 57.5 Å². The third-order valence-corrected chi connectivity index (χ3v) is 1.94. The summed E-state index contributed by atoms with van der Waals surface area (Å²) in [6.07, 6.45) is 0. The Hall–Kier alpha value is -0.550. The fourth-order valence-corrected chi connectivity index (χ4v) is 0.878. The van der Waals surface area contributed by atoms with Crippen molar-refractivity contribution in [2.75, 3.05) is 5.73 Å². The van der Waals surface area contributed by atoms with Gasteiger partial charge in [-0.25, -0.2) is 0 Å². The second kappa shape index (κ2) is 2.36. The number of hydrogen-bond donors (Lipinski definition) is 1. The van der Waals surface area contributed by atoms with Gasteiger partial charge in [0.1, 0.15) is 0 Å². The van der Waals surface area contributed by atoms with E-state index in [-0.39, 0.29) is 0 Å². The van der Waals surface area contributed by atoms with Crippen LogP contribution < -0.4 is 11.0 Å². The molecule has 1 rings (SSSR count). The van der Waals surface area contributed by atoms with Crippen LogP contribution in [0.1, 0.15) is 5.56 Å². The van der Waals surface area contributed by atoms with Gasteiger partial charge in [-0.05, 0) is 29.9 Å². The van der Waals surface area contributed by atoms with Gasteiger partial charge < -0.3 is 5.73 Å². The van der Waals surface area contributed by atoms with Crippen molar-refractivity contribution >= 4 is 20.2 Å². The molecule has 2 heteroatoms. The first-order valence-corrected chi connectivity index (χ1v) is 3.39. The number of nitrogens with two attached hydrogens (primary N) is 1. The van der Waals surface area contributed by atoms with E-state index in [0.717, 1.165) is 5.69 Å². The Balaban J connectivity index is 3.17. The monoisotopic (exact) mass is 139 g/mol. The molecule has 0 bridgehead atoms. The largest absolute Gasteiger partial charge is 0.399 e. The highest BCUT2D eigenvalue weighted by Crippen LogP contribution is 2.04. The van der Waals surface area contributed by atoms with Crippen LogP contribution in [0, 0.1) is 6.92 Å². The molecule has 9 heavy (non-hydrogen) atoms. The molecule has 1 unspecified atom stereocenters. The van der Waals surface area contributed by atoms with Gasteiger partial charge in [0.15, 0.2) is 0 Å². The predicted octanol–water partition coefficient (Wildman–Crippen LogP) is 1.08. The number of benzene rings is 1. The first-order valence-electron chi connectivity index (χ1n) is 2.82. The van der Waals surface area contributed by atoms with E-state index in [1.54, 1.807) is 0 Å². The zero-order valence-corrected chi connectivity index (χ0v) is 6.54. The molecule has 0 spiro atoms. The zero-order chi connectivity index (χ0) is 6.85. The predicted molar refractivity (Wildman–Crippen MR) is 44.9 cm³/mol. The topological polar surface area (TPSA) is 26.0 Å². The smallest absolute Gasteiger partial charge is 0.0317 e. The molecule has 0 amide bonds. The summed E-state index contributed by atoms with van der Waals surface area (Å²) >= 11 is 0. The normalized spacial score (nSPS) is 9.56. The van der Waals surface area contributed by atoms with E-state index in [9.17, 15) is 0 Å². The molecule has 0 aliphatic carbocycles. The lowest BCUT2D eigenvalue weighted by Gasteiger charge is -1.98. The number of anilines is 1. The zero-order valence-electron chi connectivity index (χ0n) is 5.39. The van der Waals surface area contributed by atoms with Crippen molar-refractivity contribution in [1.29, 1.82) is 0 Å².